The van der Waals surface area contributed by atoms with Crippen molar-refractivity contribution in [3.05, 3.63) is 64.5 Å². The van der Waals surface area contributed by atoms with Gasteiger partial charge in [-0.05, 0) is 48.2 Å². The molecule has 2 aromatic rings. The van der Waals surface area contributed by atoms with Gasteiger partial charge in [-0.25, -0.2) is 9.29 Å². The van der Waals surface area contributed by atoms with E-state index in [1.54, 1.807) is 12.1 Å². The molecule has 0 saturated carbocycles. The third-order valence-corrected chi connectivity index (χ3v) is 3.49. The van der Waals surface area contributed by atoms with Crippen molar-refractivity contribution in [3.8, 4) is 6.19 Å². The number of hydrogen-bond acceptors (Lipinski definition) is 2. The molecule has 0 aliphatic rings. The van der Waals surface area contributed by atoms with Gasteiger partial charge in [-0.3, -0.25) is 5.41 Å². The number of nitrogens with zero attached hydrogens (tertiary/aromatic N) is 2. The van der Waals surface area contributed by atoms with Crippen LogP contribution in [0.5, 0.6) is 0 Å². The van der Waals surface area contributed by atoms with E-state index in [9.17, 15) is 4.39 Å². The van der Waals surface area contributed by atoms with Crippen molar-refractivity contribution in [2.75, 3.05) is 4.90 Å². The van der Waals surface area contributed by atoms with E-state index in [1.807, 2.05) is 38.2 Å². The first-order valence-corrected chi connectivity index (χ1v) is 6.60. The lowest BCUT2D eigenvalue weighted by molar-refractivity contribution is 0.614. The maximum absolute atomic E-state index is 13.7. The second-order valence-corrected chi connectivity index (χ2v) is 4.93. The molecular formula is C17H16FN3. The summed E-state index contributed by atoms with van der Waals surface area (Å²) >= 11 is 0. The van der Waals surface area contributed by atoms with Crippen LogP contribution in [0.2, 0.25) is 0 Å². The zero-order valence-electron chi connectivity index (χ0n) is 12.0. The van der Waals surface area contributed by atoms with Gasteiger partial charge in [0.25, 0.3) is 0 Å². The van der Waals surface area contributed by atoms with Crippen LogP contribution in [-0.2, 0) is 6.42 Å². The smallest absolute Gasteiger partial charge is 0.190 e. The molecule has 21 heavy (non-hydrogen) atoms. The highest BCUT2D eigenvalue weighted by Crippen LogP contribution is 2.25. The molecule has 0 atom stereocenters. The van der Waals surface area contributed by atoms with Gasteiger partial charge in [-0.2, -0.15) is 5.26 Å². The summed E-state index contributed by atoms with van der Waals surface area (Å²) in [5.41, 5.74) is 4.21. The molecule has 0 fully saturated rings. The van der Waals surface area contributed by atoms with Crippen LogP contribution in [0.4, 0.5) is 10.1 Å². The van der Waals surface area contributed by atoms with Gasteiger partial charge in [0, 0.05) is 6.42 Å². The Balaban J connectivity index is 2.40. The maximum Gasteiger partial charge on any atom is 0.190 e. The zero-order valence-corrected chi connectivity index (χ0v) is 12.0. The molecular weight excluding hydrogens is 265 g/mol. The van der Waals surface area contributed by atoms with Crippen molar-refractivity contribution in [1.29, 1.82) is 10.7 Å². The number of hydrogen-bond donors (Lipinski definition) is 1. The summed E-state index contributed by atoms with van der Waals surface area (Å²) in [6.07, 6.45) is 3.44. The third kappa shape index (κ3) is 3.09. The molecule has 2 aromatic carbocycles. The maximum atomic E-state index is 13.7. The molecule has 1 N–H and O–H groups in total. The van der Waals surface area contributed by atoms with Crippen LogP contribution in [0.1, 0.15) is 22.3 Å². The monoisotopic (exact) mass is 281 g/mol. The summed E-state index contributed by atoms with van der Waals surface area (Å²) in [5, 5.41) is 16.3. The topological polar surface area (TPSA) is 50.9 Å². The molecule has 106 valence electrons. The Morgan fingerprint density at radius 2 is 1.90 bits per heavy atom. The highest BCUT2D eigenvalue weighted by molar-refractivity contribution is 5.82. The highest BCUT2D eigenvalue weighted by Gasteiger charge is 2.11. The lowest BCUT2D eigenvalue weighted by Gasteiger charge is -2.16. The van der Waals surface area contributed by atoms with Crippen LogP contribution in [0, 0.1) is 36.5 Å². The Hall–Kier alpha value is -2.67. The first kappa shape index (κ1) is 14.7. The van der Waals surface area contributed by atoms with Gasteiger partial charge in [0.1, 0.15) is 12.2 Å². The number of nitrogens with one attached hydrogen (secondary N) is 1. The summed E-state index contributed by atoms with van der Waals surface area (Å²) in [7, 11) is 0. The Bertz CT molecular complexity index is 716. The van der Waals surface area contributed by atoms with Gasteiger partial charge in [-0.1, -0.05) is 24.3 Å². The summed E-state index contributed by atoms with van der Waals surface area (Å²) in [6, 6.07) is 10.5. The minimum absolute atomic E-state index is 0.211. The van der Waals surface area contributed by atoms with Crippen molar-refractivity contribution in [1.82, 2.24) is 0 Å². The number of aryl methyl sites for hydroxylation is 2. The van der Waals surface area contributed by atoms with E-state index in [-0.39, 0.29) is 5.82 Å². The standard InChI is InChI=1S/C17H16FN3/c1-12-8-17(21(10-19)11-20)13(2)7-15(12)9-14-5-3-4-6-16(14)18/h3-8,10,19H,9H2,1-2H3. The van der Waals surface area contributed by atoms with Gasteiger partial charge in [0.2, 0.25) is 0 Å². The van der Waals surface area contributed by atoms with Gasteiger partial charge in [0.15, 0.2) is 6.19 Å². The Morgan fingerprint density at radius 1 is 1.19 bits per heavy atom. The molecule has 3 nitrogen and oxygen atoms in total. The van der Waals surface area contributed by atoms with Crippen LogP contribution in [-0.4, -0.2) is 6.34 Å². The summed E-state index contributed by atoms with van der Waals surface area (Å²) in [5.74, 6) is -0.211. The molecule has 2 rings (SSSR count). The van der Waals surface area contributed by atoms with Crippen molar-refractivity contribution < 1.29 is 4.39 Å². The van der Waals surface area contributed by atoms with E-state index in [1.165, 1.54) is 11.0 Å². The summed E-state index contributed by atoms with van der Waals surface area (Å²) in [4.78, 5) is 1.20. The predicted molar refractivity (Wildman–Crippen MR) is 82.0 cm³/mol. The van der Waals surface area contributed by atoms with Gasteiger partial charge >= 0.3 is 0 Å². The molecule has 0 unspecified atom stereocenters. The van der Waals surface area contributed by atoms with E-state index in [0.29, 0.717) is 17.7 Å². The normalized spacial score (nSPS) is 10.0. The SMILES string of the molecule is Cc1cc(N(C#N)C=N)c(C)cc1Cc1ccccc1F. The van der Waals surface area contributed by atoms with Gasteiger partial charge in [0.05, 0.1) is 5.69 Å². The van der Waals surface area contributed by atoms with E-state index < -0.39 is 0 Å². The lowest BCUT2D eigenvalue weighted by Crippen LogP contribution is -2.14. The average molecular weight is 281 g/mol. The summed E-state index contributed by atoms with van der Waals surface area (Å²) in [6.45, 7) is 3.81. The first-order chi connectivity index (χ1) is 10.1. The van der Waals surface area contributed by atoms with Crippen molar-refractivity contribution >= 4 is 12.0 Å². The van der Waals surface area contributed by atoms with Crippen LogP contribution in [0.15, 0.2) is 36.4 Å². The third-order valence-electron chi connectivity index (χ3n) is 3.49. The van der Waals surface area contributed by atoms with Crippen LogP contribution in [0.25, 0.3) is 0 Å². The molecule has 0 aliphatic carbocycles. The van der Waals surface area contributed by atoms with Gasteiger partial charge in [-0.15, -0.1) is 0 Å². The zero-order chi connectivity index (χ0) is 15.4. The molecule has 0 aromatic heterocycles. The predicted octanol–water partition coefficient (Wildman–Crippen LogP) is 3.93. The summed E-state index contributed by atoms with van der Waals surface area (Å²) < 4.78 is 13.7. The van der Waals surface area contributed by atoms with Crippen LogP contribution < -0.4 is 4.90 Å². The molecule has 0 spiro atoms. The number of halogens is 1. The number of anilines is 1. The van der Waals surface area contributed by atoms with Crippen LogP contribution in [0.3, 0.4) is 0 Å². The second-order valence-electron chi connectivity index (χ2n) is 4.93. The fraction of sp³-hybridized carbons (Fsp3) is 0.176. The molecule has 0 radical (unpaired) electrons. The molecule has 0 aliphatic heterocycles. The molecule has 0 saturated heterocycles. The second kappa shape index (κ2) is 6.19. The van der Waals surface area contributed by atoms with Crippen LogP contribution >= 0.6 is 0 Å². The average Bonchev–Trinajstić information content (AvgIpc) is 2.47. The Morgan fingerprint density at radius 3 is 2.52 bits per heavy atom. The van der Waals surface area contributed by atoms with E-state index in [2.05, 4.69) is 0 Å². The Kier molecular flexibility index (Phi) is 4.34. The van der Waals surface area contributed by atoms with Crippen molar-refractivity contribution in [3.63, 3.8) is 0 Å². The molecule has 0 bridgehead atoms. The number of benzene rings is 2. The number of nitriles is 1. The highest BCUT2D eigenvalue weighted by atomic mass is 19.1. The van der Waals surface area contributed by atoms with E-state index in [4.69, 9.17) is 10.7 Å². The van der Waals surface area contributed by atoms with E-state index >= 15 is 0 Å². The van der Waals surface area contributed by atoms with Crippen molar-refractivity contribution in [2.45, 2.75) is 20.3 Å². The molecule has 4 heteroatoms. The lowest BCUT2D eigenvalue weighted by atomic mass is 9.97. The minimum atomic E-state index is -0.211. The fourth-order valence-electron chi connectivity index (χ4n) is 2.31. The molecule has 0 heterocycles. The first-order valence-electron chi connectivity index (χ1n) is 6.60. The van der Waals surface area contributed by atoms with E-state index in [0.717, 1.165) is 23.0 Å². The minimum Gasteiger partial charge on any atom is -0.290 e. The fourth-order valence-corrected chi connectivity index (χ4v) is 2.31. The van der Waals surface area contributed by atoms with Gasteiger partial charge < -0.3 is 0 Å². The number of rotatable bonds is 4. The quantitative estimate of drug-likeness (QED) is 0.399. The largest absolute Gasteiger partial charge is 0.290 e. The van der Waals surface area contributed by atoms with Crippen molar-refractivity contribution in [2.24, 2.45) is 0 Å². The molecule has 0 amide bonds. The Labute approximate surface area is 123 Å².